The van der Waals surface area contributed by atoms with Gasteiger partial charge in [-0.05, 0) is 231 Å². The van der Waals surface area contributed by atoms with Crippen LogP contribution in [0.4, 0.5) is 0 Å². The molecule has 0 fully saturated rings. The third kappa shape index (κ3) is 35.9. The van der Waals surface area contributed by atoms with Crippen molar-refractivity contribution in [2.45, 2.75) is 190 Å². The number of hydrogen-bond donors (Lipinski definition) is 0. The lowest BCUT2D eigenvalue weighted by atomic mass is 9.99. The van der Waals surface area contributed by atoms with Crippen LogP contribution in [0.25, 0.3) is 54.9 Å². The van der Waals surface area contributed by atoms with E-state index in [1.54, 1.807) is 12.4 Å². The van der Waals surface area contributed by atoms with Crippen molar-refractivity contribution in [2.75, 3.05) is 0 Å². The number of nitrogens with zero attached hydrogens (tertiary/aromatic N) is 2. The highest BCUT2D eigenvalue weighted by Gasteiger charge is 2.03. The molecule has 3 nitrogen and oxygen atoms in total. The molecule has 0 spiro atoms. The molecule has 3 aromatic heterocycles. The van der Waals surface area contributed by atoms with E-state index in [1.165, 1.54) is 139 Å². The van der Waals surface area contributed by atoms with Crippen molar-refractivity contribution in [1.82, 2.24) is 9.55 Å². The van der Waals surface area contributed by atoms with E-state index in [2.05, 4.69) is 369 Å². The van der Waals surface area contributed by atoms with E-state index in [1.807, 2.05) is 71.9 Å². The topological polar surface area (TPSA) is 31.0 Å². The Morgan fingerprint density at radius 1 is 0.217 bits per heavy atom. The number of aryl methyl sites for hydroxylation is 17. The van der Waals surface area contributed by atoms with Gasteiger partial charge in [0.05, 0.1) is 0 Å². The summed E-state index contributed by atoms with van der Waals surface area (Å²) >= 11 is 0. The summed E-state index contributed by atoms with van der Waals surface area (Å²) in [6, 6.07) is 98.1. The van der Waals surface area contributed by atoms with Crippen molar-refractivity contribution < 1.29 is 4.42 Å². The fourth-order valence-electron chi connectivity index (χ4n) is 10.5. The van der Waals surface area contributed by atoms with Crippen LogP contribution in [0.2, 0.25) is 0 Å². The average molecular weight is 1420 g/mol. The van der Waals surface area contributed by atoms with Crippen LogP contribution in [-0.4, -0.2) is 9.55 Å². The van der Waals surface area contributed by atoms with Gasteiger partial charge in [0.2, 0.25) is 0 Å². The molecule has 14 rings (SSSR count). The second-order valence-corrected chi connectivity index (χ2v) is 25.2. The lowest BCUT2D eigenvalue weighted by Gasteiger charge is -2.06. The van der Waals surface area contributed by atoms with E-state index >= 15 is 0 Å². The summed E-state index contributed by atoms with van der Waals surface area (Å²) in [6.45, 7) is 43.7. The largest absolute Gasteiger partial charge is 0.467 e. The maximum atomic E-state index is 5.08. The smallest absolute Gasteiger partial charge is 0.101 e. The lowest BCUT2D eigenvalue weighted by Crippen LogP contribution is -1.91. The van der Waals surface area contributed by atoms with Crippen LogP contribution >= 0.6 is 0 Å². The Bertz CT molecular complexity index is 4170. The number of benzene rings is 11. The SMILES string of the molecule is C.C.C.C.C.C.CC.CC.Cc1cc(C)cc(C)c1.Cc1ccc(-c2ccc(-c3ccc(C)cc3)cc2)cc1.Cc1ccc(-c2ccc(C)cc2)cc1.Cc1ccc(C)c2ccccc12.Cc1ccc(C)cc1.Cc1ccc(C)n1C.Cc1ccc(C)o1.Cc1cccc2c(C)cccc12.c1ccncc1. The molecule has 0 radical (unpaired) electrons. The molecule has 0 aliphatic rings. The van der Waals surface area contributed by atoms with E-state index < -0.39 is 0 Å². The van der Waals surface area contributed by atoms with E-state index in [-0.39, 0.29) is 44.6 Å². The monoisotopic (exact) mass is 1420 g/mol. The van der Waals surface area contributed by atoms with E-state index in [0.717, 1.165) is 11.5 Å². The molecular formula is C103H138N2O. The minimum Gasteiger partial charge on any atom is -0.467 e. The highest BCUT2D eigenvalue weighted by Crippen LogP contribution is 2.27. The van der Waals surface area contributed by atoms with E-state index in [4.69, 9.17) is 4.42 Å². The van der Waals surface area contributed by atoms with Crippen LogP contribution in [-0.2, 0) is 7.05 Å². The molecule has 0 saturated carbocycles. The zero-order chi connectivity index (χ0) is 73.5. The zero-order valence-electron chi connectivity index (χ0n) is 64.5. The van der Waals surface area contributed by atoms with Crippen LogP contribution < -0.4 is 0 Å². The Hall–Kier alpha value is -10.4. The molecule has 106 heavy (non-hydrogen) atoms. The third-order valence-corrected chi connectivity index (χ3v) is 16.5. The number of hydrogen-bond acceptors (Lipinski definition) is 2. The first-order valence-electron chi connectivity index (χ1n) is 35.4. The minimum atomic E-state index is 0. The Balaban J connectivity index is -0.00000113. The summed E-state index contributed by atoms with van der Waals surface area (Å²) in [4.78, 5) is 3.78. The predicted molar refractivity (Wildman–Crippen MR) is 482 cm³/mol. The van der Waals surface area contributed by atoms with Crippen molar-refractivity contribution in [3.63, 3.8) is 0 Å². The molecule has 566 valence electrons. The van der Waals surface area contributed by atoms with Crippen LogP contribution in [0.5, 0.6) is 0 Å². The van der Waals surface area contributed by atoms with Crippen molar-refractivity contribution in [1.29, 1.82) is 0 Å². The predicted octanol–water partition coefficient (Wildman–Crippen LogP) is 31.9. The maximum Gasteiger partial charge on any atom is 0.101 e. The van der Waals surface area contributed by atoms with Crippen molar-refractivity contribution >= 4 is 21.5 Å². The Morgan fingerprint density at radius 3 is 0.623 bits per heavy atom. The fourth-order valence-corrected chi connectivity index (χ4v) is 10.5. The summed E-state index contributed by atoms with van der Waals surface area (Å²) in [5, 5.41) is 5.49. The third-order valence-electron chi connectivity index (χ3n) is 16.5. The molecular weight excluding hydrogens is 1280 g/mol. The molecule has 3 heterocycles. The Morgan fingerprint density at radius 2 is 0.434 bits per heavy atom. The molecule has 0 aliphatic carbocycles. The van der Waals surface area contributed by atoms with Gasteiger partial charge in [-0.3, -0.25) is 4.98 Å². The minimum absolute atomic E-state index is 0. The number of aromatic nitrogens is 2. The Kier molecular flexibility index (Phi) is 51.1. The molecule has 14 aromatic rings. The van der Waals surface area contributed by atoms with E-state index in [9.17, 15) is 0 Å². The molecule has 0 atom stereocenters. The highest BCUT2D eigenvalue weighted by molar-refractivity contribution is 5.89. The molecule has 3 heteroatoms. The standard InChI is InChI=1S/C20H18.C14H14.2C12H12.C9H12.C8H10.C7H11N.C6H8O.C5H5N.2C2H6.6CH4/c1-15-3-7-17(8-4-15)19-11-13-20(14-12-19)18-9-5-16(2)6-10-18;1-11-3-7-13(8-4-11)14-9-5-12(2)6-10-14;1-9-5-3-8-12-10(2)6-4-7-11(9)12;1-9-7-8-10(2)12-6-4-3-5-11(9)12;1-7-4-8(2)6-9(3)5-7;1-7-3-5-8(2)6-4-7;1-6-4-5-7(2)8(6)3;1-5-3-4-6(2)7-5;1-2-4-6-5-3-1;2*1-2;;;;;;/h3-14H,1-2H3;3-10H,1-2H3;2*3-8H,1-2H3;4-6H,1-3H3;3-6H,1-2H3;4-5H,1-3H3;3-4H,1-2H3;1-5H;2*1-2H3;6*1H4. The molecule has 0 N–H and O–H groups in total. The first-order chi connectivity index (χ1) is 48.0. The highest BCUT2D eigenvalue weighted by atomic mass is 16.3. The van der Waals surface area contributed by atoms with Crippen LogP contribution in [0.3, 0.4) is 0 Å². The lowest BCUT2D eigenvalue weighted by molar-refractivity contribution is 0.504. The van der Waals surface area contributed by atoms with Gasteiger partial charge in [0, 0.05) is 30.8 Å². The first-order valence-corrected chi connectivity index (χ1v) is 35.4. The van der Waals surface area contributed by atoms with Crippen LogP contribution in [0.15, 0.2) is 296 Å². The summed E-state index contributed by atoms with van der Waals surface area (Å²) in [5.41, 5.74) is 27.6. The van der Waals surface area contributed by atoms with Gasteiger partial charge in [-0.15, -0.1) is 0 Å². The van der Waals surface area contributed by atoms with Crippen LogP contribution in [0, 0.1) is 118 Å². The van der Waals surface area contributed by atoms with Gasteiger partial charge in [0.1, 0.15) is 11.5 Å². The molecule has 0 aliphatic heterocycles. The van der Waals surface area contributed by atoms with Crippen molar-refractivity contribution in [2.24, 2.45) is 7.05 Å². The van der Waals surface area contributed by atoms with Crippen LogP contribution in [0.1, 0.15) is 167 Å². The van der Waals surface area contributed by atoms with Gasteiger partial charge >= 0.3 is 0 Å². The molecule has 0 amide bonds. The van der Waals surface area contributed by atoms with Crippen molar-refractivity contribution in [3.8, 4) is 33.4 Å². The normalized spacial score (nSPS) is 9.15. The van der Waals surface area contributed by atoms with Gasteiger partial charge in [0.15, 0.2) is 0 Å². The number of pyridine rings is 1. The van der Waals surface area contributed by atoms with Crippen molar-refractivity contribution in [3.05, 3.63) is 387 Å². The van der Waals surface area contributed by atoms with E-state index in [0.29, 0.717) is 0 Å². The maximum absolute atomic E-state index is 5.08. The van der Waals surface area contributed by atoms with Gasteiger partial charge in [-0.25, -0.2) is 0 Å². The first kappa shape index (κ1) is 99.8. The second-order valence-electron chi connectivity index (χ2n) is 25.2. The Labute approximate surface area is 648 Å². The van der Waals surface area contributed by atoms with Gasteiger partial charge < -0.3 is 8.98 Å². The average Bonchev–Trinajstić information content (AvgIpc) is 0.959. The second kappa shape index (κ2) is 54.3. The summed E-state index contributed by atoms with van der Waals surface area (Å²) in [6.07, 6.45) is 3.50. The number of rotatable bonds is 3. The fraction of sp³-hybridized carbons (Fsp3) is 0.272. The summed E-state index contributed by atoms with van der Waals surface area (Å²) in [5.74, 6) is 1.97. The van der Waals surface area contributed by atoms with Gasteiger partial charge in [0.25, 0.3) is 0 Å². The quantitative estimate of drug-likeness (QED) is 0.177. The number of fused-ring (bicyclic) bond motifs is 2. The molecule has 0 unspecified atom stereocenters. The summed E-state index contributed by atoms with van der Waals surface area (Å²) < 4.78 is 7.25. The van der Waals surface area contributed by atoms with Gasteiger partial charge in [-0.1, -0.05) is 365 Å². The summed E-state index contributed by atoms with van der Waals surface area (Å²) in [7, 11) is 2.07. The molecule has 11 aromatic carbocycles. The number of furan rings is 1. The van der Waals surface area contributed by atoms with Gasteiger partial charge in [-0.2, -0.15) is 0 Å². The molecule has 0 bridgehead atoms. The molecule has 0 saturated heterocycles. The zero-order valence-corrected chi connectivity index (χ0v) is 64.5.